The fourth-order valence-corrected chi connectivity index (χ4v) is 8.29. The number of sulfonamides is 2. The minimum atomic E-state index is -3.77. The summed E-state index contributed by atoms with van der Waals surface area (Å²) in [5, 5.41) is 0. The van der Waals surface area contributed by atoms with Gasteiger partial charge in [0, 0.05) is 34.9 Å². The van der Waals surface area contributed by atoms with Crippen molar-refractivity contribution in [2.45, 2.75) is 67.7 Å². The minimum absolute atomic E-state index is 0.0658. The quantitative estimate of drug-likeness (QED) is 0.516. The van der Waals surface area contributed by atoms with Gasteiger partial charge in [-0.1, -0.05) is 18.2 Å². The van der Waals surface area contributed by atoms with Gasteiger partial charge in [0.2, 0.25) is 20.0 Å². The Bertz CT molecular complexity index is 1540. The van der Waals surface area contributed by atoms with E-state index in [9.17, 15) is 21.6 Å². The van der Waals surface area contributed by atoms with Crippen molar-refractivity contribution in [3.8, 4) is 0 Å². The van der Waals surface area contributed by atoms with Gasteiger partial charge >= 0.3 is 0 Å². The van der Waals surface area contributed by atoms with Gasteiger partial charge in [0.25, 0.3) is 5.91 Å². The molecule has 8 nitrogen and oxygen atoms in total. The number of anilines is 2. The molecule has 6 rings (SSSR count). The largest absolute Gasteiger partial charge is 0.307 e. The van der Waals surface area contributed by atoms with Crippen LogP contribution in [0.1, 0.15) is 67.3 Å². The number of nitrogens with zero attached hydrogens (tertiary/aromatic N) is 1. The predicted molar refractivity (Wildman–Crippen MR) is 147 cm³/mol. The third kappa shape index (κ3) is 4.67. The summed E-state index contributed by atoms with van der Waals surface area (Å²) in [6.07, 6.45) is 8.99. The average molecular weight is 556 g/mol. The molecule has 0 radical (unpaired) electrons. The number of fused-ring (bicyclic) bond motifs is 2. The van der Waals surface area contributed by atoms with E-state index < -0.39 is 20.0 Å². The topological polar surface area (TPSA) is 113 Å². The van der Waals surface area contributed by atoms with Gasteiger partial charge in [-0.2, -0.15) is 0 Å². The Morgan fingerprint density at radius 2 is 1.66 bits per heavy atom. The molecule has 4 aliphatic rings. The number of amides is 1. The standard InChI is InChI=1S/C28H33N3O5S2/c1-19-14-22(15-19)30-38(35,36)23-5-3-4-20(16-23)26(32)31-18-28(12-10-27(8-9-27)11-13-28)24-17-21(6-7-25(24)31)29-37(2,33)34/h3-7,16-17,22,29-30H,1,8-15,18H2,2H3. The summed E-state index contributed by atoms with van der Waals surface area (Å²) in [7, 11) is -7.21. The van der Waals surface area contributed by atoms with Crippen LogP contribution < -0.4 is 14.3 Å². The number of carbonyl (C=O) groups is 1. The zero-order valence-electron chi connectivity index (χ0n) is 21.5. The van der Waals surface area contributed by atoms with Gasteiger partial charge in [0.1, 0.15) is 0 Å². The highest BCUT2D eigenvalue weighted by atomic mass is 32.2. The van der Waals surface area contributed by atoms with Crippen molar-refractivity contribution in [2.24, 2.45) is 5.41 Å². The van der Waals surface area contributed by atoms with Crippen molar-refractivity contribution in [3.63, 3.8) is 0 Å². The Morgan fingerprint density at radius 1 is 0.974 bits per heavy atom. The highest BCUT2D eigenvalue weighted by Crippen LogP contribution is 2.62. The highest BCUT2D eigenvalue weighted by molar-refractivity contribution is 7.92. The molecular formula is C28H33N3O5S2. The first kappa shape index (κ1) is 25.6. The molecule has 0 aromatic heterocycles. The van der Waals surface area contributed by atoms with E-state index in [-0.39, 0.29) is 22.3 Å². The second-order valence-corrected chi connectivity index (χ2v) is 15.2. The smallest absolute Gasteiger partial charge is 0.258 e. The molecule has 10 heteroatoms. The van der Waals surface area contributed by atoms with E-state index in [0.717, 1.165) is 48.8 Å². The second kappa shape index (κ2) is 8.66. The van der Waals surface area contributed by atoms with Gasteiger partial charge in [0.15, 0.2) is 0 Å². The maximum absolute atomic E-state index is 13.9. The normalized spacial score (nSPS) is 21.8. The van der Waals surface area contributed by atoms with Crippen molar-refractivity contribution in [2.75, 3.05) is 22.4 Å². The maximum atomic E-state index is 13.9. The molecule has 2 aromatic carbocycles. The second-order valence-electron chi connectivity index (χ2n) is 11.8. The van der Waals surface area contributed by atoms with Crippen LogP contribution in [-0.2, 0) is 25.5 Å². The summed E-state index contributed by atoms with van der Waals surface area (Å²) in [6.45, 7) is 4.36. The lowest BCUT2D eigenvalue weighted by Gasteiger charge is -2.38. The van der Waals surface area contributed by atoms with Crippen LogP contribution in [0.25, 0.3) is 0 Å². The average Bonchev–Trinajstić information content (AvgIpc) is 3.54. The number of benzene rings is 2. The summed E-state index contributed by atoms with van der Waals surface area (Å²) in [4.78, 5) is 15.7. The van der Waals surface area contributed by atoms with Gasteiger partial charge in [-0.25, -0.2) is 21.6 Å². The van der Waals surface area contributed by atoms with E-state index in [1.807, 2.05) is 12.1 Å². The molecule has 202 valence electrons. The van der Waals surface area contributed by atoms with E-state index >= 15 is 0 Å². The Hall–Kier alpha value is -2.69. The van der Waals surface area contributed by atoms with Crippen molar-refractivity contribution in [1.29, 1.82) is 0 Å². The maximum Gasteiger partial charge on any atom is 0.258 e. The van der Waals surface area contributed by atoms with Crippen LogP contribution >= 0.6 is 0 Å². The molecule has 0 saturated heterocycles. The molecule has 1 aliphatic heterocycles. The van der Waals surface area contributed by atoms with Crippen LogP contribution in [0.2, 0.25) is 0 Å². The summed E-state index contributed by atoms with van der Waals surface area (Å²) in [6, 6.07) is 11.4. The third-order valence-corrected chi connectivity index (χ3v) is 11.0. The molecular weight excluding hydrogens is 522 g/mol. The first-order valence-corrected chi connectivity index (χ1v) is 16.5. The first-order chi connectivity index (χ1) is 17.9. The Morgan fingerprint density at radius 3 is 2.29 bits per heavy atom. The van der Waals surface area contributed by atoms with Gasteiger partial charge in [0.05, 0.1) is 11.2 Å². The van der Waals surface area contributed by atoms with E-state index in [0.29, 0.717) is 36.1 Å². The van der Waals surface area contributed by atoms with E-state index in [2.05, 4.69) is 16.0 Å². The molecule has 0 unspecified atom stereocenters. The number of rotatable bonds is 6. The van der Waals surface area contributed by atoms with Crippen LogP contribution in [0.5, 0.6) is 0 Å². The zero-order chi connectivity index (χ0) is 26.9. The molecule has 2 aromatic rings. The van der Waals surface area contributed by atoms with Crippen molar-refractivity contribution < 1.29 is 21.6 Å². The van der Waals surface area contributed by atoms with Crippen molar-refractivity contribution in [1.82, 2.24) is 4.72 Å². The summed E-state index contributed by atoms with van der Waals surface area (Å²) in [5.74, 6) is -0.257. The molecule has 0 atom stereocenters. The minimum Gasteiger partial charge on any atom is -0.307 e. The van der Waals surface area contributed by atoms with Crippen LogP contribution in [0, 0.1) is 5.41 Å². The van der Waals surface area contributed by atoms with Crippen molar-refractivity contribution >= 4 is 37.3 Å². The SMILES string of the molecule is C=C1CC(NS(=O)(=O)c2cccc(C(=O)N3CC4(CCC5(CC5)CC4)c4cc(NS(C)(=O)=O)ccc43)c2)C1. The number of hydrogen-bond acceptors (Lipinski definition) is 5. The lowest BCUT2D eigenvalue weighted by atomic mass is 9.66. The molecule has 2 N–H and O–H groups in total. The van der Waals surface area contributed by atoms with E-state index in [4.69, 9.17) is 0 Å². The number of hydrogen-bond donors (Lipinski definition) is 2. The van der Waals surface area contributed by atoms with Gasteiger partial charge in [-0.15, -0.1) is 0 Å². The molecule has 2 spiro atoms. The third-order valence-electron chi connectivity index (χ3n) is 8.88. The molecule has 0 bridgehead atoms. The Kier molecular flexibility index (Phi) is 5.83. The number of carbonyl (C=O) groups excluding carboxylic acids is 1. The first-order valence-electron chi connectivity index (χ1n) is 13.1. The van der Waals surface area contributed by atoms with Crippen LogP contribution in [0.4, 0.5) is 11.4 Å². The van der Waals surface area contributed by atoms with Crippen LogP contribution in [-0.4, -0.2) is 41.6 Å². The van der Waals surface area contributed by atoms with Crippen molar-refractivity contribution in [3.05, 3.63) is 65.7 Å². The number of nitrogens with one attached hydrogen (secondary N) is 2. The van der Waals surface area contributed by atoms with Gasteiger partial charge in [-0.05, 0) is 98.7 Å². The fraction of sp³-hybridized carbons (Fsp3) is 0.464. The fourth-order valence-electron chi connectivity index (χ4n) is 6.45. The zero-order valence-corrected chi connectivity index (χ0v) is 23.1. The van der Waals surface area contributed by atoms with E-state index in [1.54, 1.807) is 23.1 Å². The highest BCUT2D eigenvalue weighted by Gasteiger charge is 2.53. The Balaban J connectivity index is 1.32. The summed E-state index contributed by atoms with van der Waals surface area (Å²) in [5.41, 5.74) is 3.78. The summed E-state index contributed by atoms with van der Waals surface area (Å²) < 4.78 is 55.0. The van der Waals surface area contributed by atoms with Crippen LogP contribution in [0.3, 0.4) is 0 Å². The lowest BCUT2D eigenvalue weighted by Crippen LogP contribution is -2.41. The van der Waals surface area contributed by atoms with Gasteiger partial charge < -0.3 is 4.90 Å². The molecule has 3 aliphatic carbocycles. The van der Waals surface area contributed by atoms with Crippen LogP contribution in [0.15, 0.2) is 59.5 Å². The molecule has 3 fully saturated rings. The van der Waals surface area contributed by atoms with Gasteiger partial charge in [-0.3, -0.25) is 9.52 Å². The lowest BCUT2D eigenvalue weighted by molar-refractivity contribution is 0.0980. The molecule has 1 amide bonds. The molecule has 38 heavy (non-hydrogen) atoms. The monoisotopic (exact) mass is 555 g/mol. The molecule has 1 heterocycles. The summed E-state index contributed by atoms with van der Waals surface area (Å²) >= 11 is 0. The Labute approximate surface area is 224 Å². The van der Waals surface area contributed by atoms with E-state index in [1.165, 1.54) is 25.0 Å². The molecule has 3 saturated carbocycles. The predicted octanol–water partition coefficient (Wildman–Crippen LogP) is 4.31.